The maximum Gasteiger partial charge on any atom is 0.175 e. The molecule has 1 N–H and O–H groups in total. The Morgan fingerprint density at radius 2 is 1.95 bits per heavy atom. The van der Waals surface area contributed by atoms with E-state index in [4.69, 9.17) is 11.6 Å². The lowest BCUT2D eigenvalue weighted by Crippen LogP contribution is -2.09. The molecule has 0 aliphatic rings. The monoisotopic (exact) mass is 303 g/mol. The summed E-state index contributed by atoms with van der Waals surface area (Å²) in [5.74, 6) is 0.164. The molecule has 0 fully saturated rings. The summed E-state index contributed by atoms with van der Waals surface area (Å²) in [7, 11) is 0. The molecule has 0 amide bonds. The van der Waals surface area contributed by atoms with Crippen molar-refractivity contribution in [2.75, 3.05) is 5.32 Å². The van der Waals surface area contributed by atoms with E-state index in [0.29, 0.717) is 23.1 Å². The molecule has 106 valence electrons. The number of para-hydroxylation sites is 1. The van der Waals surface area contributed by atoms with Crippen LogP contribution in [0.5, 0.6) is 0 Å². The molecule has 21 heavy (non-hydrogen) atoms. The number of benzene rings is 2. The Kier molecular flexibility index (Phi) is 3.79. The number of rotatable bonds is 4. The van der Waals surface area contributed by atoms with E-state index in [9.17, 15) is 4.39 Å². The quantitative estimate of drug-likeness (QED) is 0.805. The zero-order chi connectivity index (χ0) is 14.7. The van der Waals surface area contributed by atoms with Gasteiger partial charge in [-0.15, -0.1) is 5.10 Å². The van der Waals surface area contributed by atoms with E-state index in [-0.39, 0.29) is 0 Å². The molecule has 2 aromatic carbocycles. The fourth-order valence-corrected chi connectivity index (χ4v) is 2.05. The lowest BCUT2D eigenvalue weighted by molar-refractivity contribution is 0.629. The molecule has 3 aromatic rings. The van der Waals surface area contributed by atoms with Gasteiger partial charge in [0.1, 0.15) is 5.82 Å². The van der Waals surface area contributed by atoms with Crippen LogP contribution in [0.3, 0.4) is 0 Å². The normalized spacial score (nSPS) is 10.6. The van der Waals surface area contributed by atoms with Gasteiger partial charge in [0.25, 0.3) is 0 Å². The van der Waals surface area contributed by atoms with Gasteiger partial charge in [-0.1, -0.05) is 29.8 Å². The maximum absolute atomic E-state index is 13.7. The Morgan fingerprint density at radius 3 is 2.71 bits per heavy atom. The highest BCUT2D eigenvalue weighted by atomic mass is 35.5. The van der Waals surface area contributed by atoms with E-state index in [1.54, 1.807) is 16.8 Å². The predicted molar refractivity (Wildman–Crippen MR) is 77.9 cm³/mol. The third-order valence-electron chi connectivity index (χ3n) is 2.90. The summed E-state index contributed by atoms with van der Waals surface area (Å²) in [4.78, 5) is 0. The molecule has 0 spiro atoms. The summed E-state index contributed by atoms with van der Waals surface area (Å²) in [5.41, 5.74) is 1.19. The molecule has 0 aliphatic carbocycles. The van der Waals surface area contributed by atoms with Gasteiger partial charge in [0.2, 0.25) is 0 Å². The smallest absolute Gasteiger partial charge is 0.175 e. The number of anilines is 1. The van der Waals surface area contributed by atoms with E-state index >= 15 is 0 Å². The van der Waals surface area contributed by atoms with Gasteiger partial charge in [0.15, 0.2) is 5.82 Å². The highest BCUT2D eigenvalue weighted by molar-refractivity contribution is 6.30. The topological polar surface area (TPSA) is 55.6 Å². The summed E-state index contributed by atoms with van der Waals surface area (Å²) >= 11 is 5.72. The Labute approximate surface area is 125 Å². The van der Waals surface area contributed by atoms with Gasteiger partial charge >= 0.3 is 0 Å². The van der Waals surface area contributed by atoms with Gasteiger partial charge < -0.3 is 5.32 Å². The standard InChI is InChI=1S/C14H11ClFN5/c15-10-6-7-13(12(16)8-10)17-9-14-18-19-20-21(14)11-4-2-1-3-5-11/h1-8,17H,9H2. The maximum atomic E-state index is 13.7. The fourth-order valence-electron chi connectivity index (χ4n) is 1.89. The van der Waals surface area contributed by atoms with Crippen molar-refractivity contribution < 1.29 is 4.39 Å². The van der Waals surface area contributed by atoms with E-state index in [1.165, 1.54) is 6.07 Å². The second-order valence-corrected chi connectivity index (χ2v) is 4.76. The van der Waals surface area contributed by atoms with Crippen molar-refractivity contribution in [3.63, 3.8) is 0 Å². The first-order valence-corrected chi connectivity index (χ1v) is 6.63. The van der Waals surface area contributed by atoms with Crippen molar-refractivity contribution in [3.05, 3.63) is 65.2 Å². The molecule has 7 heteroatoms. The Morgan fingerprint density at radius 1 is 1.14 bits per heavy atom. The van der Waals surface area contributed by atoms with Crippen molar-refractivity contribution in [1.82, 2.24) is 20.2 Å². The summed E-state index contributed by atoms with van der Waals surface area (Å²) in [6.07, 6.45) is 0. The highest BCUT2D eigenvalue weighted by Gasteiger charge is 2.09. The van der Waals surface area contributed by atoms with E-state index in [2.05, 4.69) is 20.8 Å². The van der Waals surface area contributed by atoms with E-state index < -0.39 is 5.82 Å². The van der Waals surface area contributed by atoms with Crippen LogP contribution in [0.1, 0.15) is 5.82 Å². The highest BCUT2D eigenvalue weighted by Crippen LogP contribution is 2.19. The molecule has 0 atom stereocenters. The summed E-state index contributed by atoms with van der Waals surface area (Å²) in [6, 6.07) is 13.9. The van der Waals surface area contributed by atoms with Crippen molar-refractivity contribution >= 4 is 17.3 Å². The number of nitrogens with one attached hydrogen (secondary N) is 1. The minimum atomic E-state index is -0.416. The van der Waals surface area contributed by atoms with Crippen LogP contribution >= 0.6 is 11.6 Å². The van der Waals surface area contributed by atoms with Crippen LogP contribution in [0.2, 0.25) is 5.02 Å². The van der Waals surface area contributed by atoms with Crippen molar-refractivity contribution in [2.45, 2.75) is 6.54 Å². The van der Waals surface area contributed by atoms with Crippen molar-refractivity contribution in [3.8, 4) is 5.69 Å². The van der Waals surface area contributed by atoms with Crippen LogP contribution in [0.15, 0.2) is 48.5 Å². The zero-order valence-electron chi connectivity index (χ0n) is 10.9. The van der Waals surface area contributed by atoms with Crippen LogP contribution in [0, 0.1) is 5.82 Å². The fraction of sp³-hybridized carbons (Fsp3) is 0.0714. The number of halogens is 2. The lowest BCUT2D eigenvalue weighted by atomic mass is 10.3. The molecule has 0 saturated carbocycles. The van der Waals surface area contributed by atoms with Crippen LogP contribution in [0.4, 0.5) is 10.1 Å². The lowest BCUT2D eigenvalue weighted by Gasteiger charge is -2.08. The molecule has 5 nitrogen and oxygen atoms in total. The number of tetrazole rings is 1. The summed E-state index contributed by atoms with van der Waals surface area (Å²) in [6.45, 7) is 0.292. The second kappa shape index (κ2) is 5.88. The molecule has 0 aliphatic heterocycles. The van der Waals surface area contributed by atoms with Gasteiger partial charge in [-0.3, -0.25) is 0 Å². The molecular weight excluding hydrogens is 293 g/mol. The average Bonchev–Trinajstić information content (AvgIpc) is 2.96. The molecule has 0 unspecified atom stereocenters. The molecule has 1 aromatic heterocycles. The molecule has 0 bridgehead atoms. The van der Waals surface area contributed by atoms with Gasteiger partial charge in [-0.05, 0) is 40.8 Å². The van der Waals surface area contributed by atoms with Gasteiger partial charge in [0.05, 0.1) is 17.9 Å². The first-order valence-electron chi connectivity index (χ1n) is 6.25. The molecule has 0 saturated heterocycles. The SMILES string of the molecule is Fc1cc(Cl)ccc1NCc1nnnn1-c1ccccc1. The minimum absolute atomic E-state index is 0.292. The minimum Gasteiger partial charge on any atom is -0.375 e. The number of hydrogen-bond acceptors (Lipinski definition) is 4. The third kappa shape index (κ3) is 3.00. The van der Waals surface area contributed by atoms with Crippen LogP contribution in [-0.4, -0.2) is 20.2 Å². The molecule has 0 radical (unpaired) electrons. The Balaban J connectivity index is 1.79. The average molecular weight is 304 g/mol. The first kappa shape index (κ1) is 13.5. The van der Waals surface area contributed by atoms with Gasteiger partial charge in [-0.2, -0.15) is 4.68 Å². The number of hydrogen-bond donors (Lipinski definition) is 1. The van der Waals surface area contributed by atoms with Gasteiger partial charge in [-0.25, -0.2) is 4.39 Å². The van der Waals surface area contributed by atoms with Crippen molar-refractivity contribution in [1.29, 1.82) is 0 Å². The largest absolute Gasteiger partial charge is 0.375 e. The number of nitrogens with zero attached hydrogens (tertiary/aromatic N) is 4. The number of aromatic nitrogens is 4. The third-order valence-corrected chi connectivity index (χ3v) is 3.14. The van der Waals surface area contributed by atoms with Gasteiger partial charge in [0, 0.05) is 5.02 Å². The van der Waals surface area contributed by atoms with Crippen LogP contribution < -0.4 is 5.32 Å². The van der Waals surface area contributed by atoms with Crippen LogP contribution in [-0.2, 0) is 6.54 Å². The molecule has 1 heterocycles. The molecule has 3 rings (SSSR count). The van der Waals surface area contributed by atoms with E-state index in [1.807, 2.05) is 30.3 Å². The predicted octanol–water partition coefficient (Wildman–Crippen LogP) is 3.07. The molecular formula is C14H11ClFN5. The Hall–Kier alpha value is -2.47. The Bertz CT molecular complexity index is 744. The zero-order valence-corrected chi connectivity index (χ0v) is 11.6. The summed E-state index contributed by atoms with van der Waals surface area (Å²) < 4.78 is 15.3. The summed E-state index contributed by atoms with van der Waals surface area (Å²) in [5, 5.41) is 14.8. The first-order chi connectivity index (χ1) is 10.2. The van der Waals surface area contributed by atoms with Crippen molar-refractivity contribution in [2.24, 2.45) is 0 Å². The second-order valence-electron chi connectivity index (χ2n) is 4.32. The van der Waals surface area contributed by atoms with Crippen LogP contribution in [0.25, 0.3) is 5.69 Å². The van der Waals surface area contributed by atoms with E-state index in [0.717, 1.165) is 5.69 Å².